The highest BCUT2D eigenvalue weighted by molar-refractivity contribution is 5.94. The predicted octanol–water partition coefficient (Wildman–Crippen LogP) is 4.88. The maximum absolute atomic E-state index is 15.2. The Bertz CT molecular complexity index is 1320. The van der Waals surface area contributed by atoms with Crippen molar-refractivity contribution in [2.24, 2.45) is 12.5 Å². The van der Waals surface area contributed by atoms with Crippen LogP contribution in [0.5, 0.6) is 0 Å². The minimum Gasteiger partial charge on any atom is -0.478 e. The number of hydrogen-bond acceptors (Lipinski definition) is 5. The summed E-state index contributed by atoms with van der Waals surface area (Å²) in [5.41, 5.74) is 1.68. The van der Waals surface area contributed by atoms with E-state index in [0.29, 0.717) is 28.3 Å². The van der Waals surface area contributed by atoms with Crippen LogP contribution in [0.2, 0.25) is 0 Å². The van der Waals surface area contributed by atoms with E-state index in [4.69, 9.17) is 4.98 Å². The highest BCUT2D eigenvalue weighted by atomic mass is 19.1. The van der Waals surface area contributed by atoms with E-state index in [-0.39, 0.29) is 16.4 Å². The van der Waals surface area contributed by atoms with E-state index in [1.165, 1.54) is 10.6 Å². The maximum atomic E-state index is 15.2. The van der Waals surface area contributed by atoms with Crippen LogP contribution in [-0.4, -0.2) is 33.7 Å². The van der Waals surface area contributed by atoms with E-state index in [0.717, 1.165) is 25.9 Å². The zero-order valence-corrected chi connectivity index (χ0v) is 20.3. The summed E-state index contributed by atoms with van der Waals surface area (Å²) in [6.45, 7) is 9.47. The molecule has 7 nitrogen and oxygen atoms in total. The third-order valence-corrected chi connectivity index (χ3v) is 6.87. The minimum absolute atomic E-state index is 0.0428. The fourth-order valence-electron chi connectivity index (χ4n) is 4.59. The van der Waals surface area contributed by atoms with Crippen LogP contribution in [0.15, 0.2) is 35.1 Å². The number of carboxylic acids is 1. The molecular weight excluding hydrogens is 435 g/mol. The maximum Gasteiger partial charge on any atom is 0.337 e. The molecular formula is C26H31FN4O3. The van der Waals surface area contributed by atoms with Crippen molar-refractivity contribution in [3.8, 4) is 0 Å². The number of carboxylic acid groups (broad SMARTS) is 1. The summed E-state index contributed by atoms with van der Waals surface area (Å²) in [6, 6.07) is 7.89. The highest BCUT2D eigenvalue weighted by Crippen LogP contribution is 2.33. The Morgan fingerprint density at radius 1 is 1.24 bits per heavy atom. The van der Waals surface area contributed by atoms with Crippen molar-refractivity contribution in [1.29, 1.82) is 0 Å². The molecule has 1 aromatic heterocycles. The van der Waals surface area contributed by atoms with Gasteiger partial charge in [0.2, 0.25) is 5.95 Å². The summed E-state index contributed by atoms with van der Waals surface area (Å²) >= 11 is 0. The van der Waals surface area contributed by atoms with Gasteiger partial charge < -0.3 is 15.3 Å². The first-order valence-electron chi connectivity index (χ1n) is 11.5. The number of halogens is 1. The van der Waals surface area contributed by atoms with Crippen LogP contribution in [0.1, 0.15) is 61.1 Å². The molecule has 1 fully saturated rings. The predicted molar refractivity (Wildman–Crippen MR) is 132 cm³/mol. The van der Waals surface area contributed by atoms with Gasteiger partial charge in [0, 0.05) is 31.4 Å². The van der Waals surface area contributed by atoms with Crippen LogP contribution < -0.4 is 15.8 Å². The molecule has 0 amide bonds. The van der Waals surface area contributed by atoms with Gasteiger partial charge in [-0.1, -0.05) is 26.0 Å². The molecule has 8 heteroatoms. The fraction of sp³-hybridized carbons (Fsp3) is 0.423. The first-order chi connectivity index (χ1) is 16.0. The number of carbonyl (C=O) groups is 1. The number of benzene rings is 2. The zero-order valence-electron chi connectivity index (χ0n) is 20.3. The van der Waals surface area contributed by atoms with Crippen molar-refractivity contribution in [2.45, 2.75) is 46.6 Å². The molecule has 4 rings (SSSR count). The Kier molecular flexibility index (Phi) is 6.10. The van der Waals surface area contributed by atoms with Gasteiger partial charge in [0.1, 0.15) is 11.2 Å². The number of aryl methyl sites for hydroxylation is 1. The van der Waals surface area contributed by atoms with Crippen molar-refractivity contribution < 1.29 is 14.3 Å². The Hall–Kier alpha value is -3.42. The molecule has 2 heterocycles. The van der Waals surface area contributed by atoms with Crippen LogP contribution in [0.4, 0.5) is 16.0 Å². The Morgan fingerprint density at radius 2 is 1.88 bits per heavy atom. The van der Waals surface area contributed by atoms with Gasteiger partial charge in [-0.2, -0.15) is 0 Å². The number of nitrogens with one attached hydrogen (secondary N) is 1. The van der Waals surface area contributed by atoms with Crippen molar-refractivity contribution in [3.05, 3.63) is 63.2 Å². The Balaban J connectivity index is 1.84. The minimum atomic E-state index is -1.04. The van der Waals surface area contributed by atoms with E-state index >= 15 is 4.39 Å². The van der Waals surface area contributed by atoms with Crippen molar-refractivity contribution >= 4 is 28.5 Å². The van der Waals surface area contributed by atoms with Gasteiger partial charge in [0.15, 0.2) is 0 Å². The monoisotopic (exact) mass is 466 g/mol. The molecule has 0 spiro atoms. The number of anilines is 2. The summed E-state index contributed by atoms with van der Waals surface area (Å²) in [6.07, 6.45) is 1.94. The number of rotatable bonds is 5. The van der Waals surface area contributed by atoms with Gasteiger partial charge in [-0.25, -0.2) is 14.2 Å². The van der Waals surface area contributed by atoms with Crippen molar-refractivity contribution in [2.75, 3.05) is 23.3 Å². The molecule has 180 valence electrons. The Morgan fingerprint density at radius 3 is 2.53 bits per heavy atom. The lowest BCUT2D eigenvalue weighted by Gasteiger charge is -2.38. The molecule has 1 aliphatic heterocycles. The number of para-hydroxylation sites is 1. The molecule has 1 atom stereocenters. The molecule has 1 aliphatic rings. The van der Waals surface area contributed by atoms with Gasteiger partial charge in [0.05, 0.1) is 17.1 Å². The average Bonchev–Trinajstić information content (AvgIpc) is 2.78. The molecule has 0 bridgehead atoms. The van der Waals surface area contributed by atoms with Gasteiger partial charge >= 0.3 is 5.97 Å². The summed E-state index contributed by atoms with van der Waals surface area (Å²) in [5.74, 6) is -1.09. The fourth-order valence-corrected chi connectivity index (χ4v) is 4.59. The normalized spacial score (nSPS) is 16.5. The number of aromatic carboxylic acids is 1. The largest absolute Gasteiger partial charge is 0.478 e. The quantitative estimate of drug-likeness (QED) is 0.557. The molecule has 0 radical (unpaired) electrons. The molecule has 0 aliphatic carbocycles. The number of nitrogens with zero attached hydrogens (tertiary/aromatic N) is 3. The molecule has 1 saturated heterocycles. The molecule has 1 unspecified atom stereocenters. The second-order valence-electron chi connectivity index (χ2n) is 9.96. The molecule has 0 saturated carbocycles. The van der Waals surface area contributed by atoms with E-state index in [2.05, 4.69) is 24.1 Å². The first kappa shape index (κ1) is 23.7. The van der Waals surface area contributed by atoms with Gasteiger partial charge in [-0.15, -0.1) is 0 Å². The van der Waals surface area contributed by atoms with Crippen molar-refractivity contribution in [1.82, 2.24) is 9.55 Å². The molecule has 2 aromatic carbocycles. The van der Waals surface area contributed by atoms with E-state index in [1.807, 2.05) is 6.92 Å². The van der Waals surface area contributed by atoms with Gasteiger partial charge in [0.25, 0.3) is 5.56 Å². The smallest absolute Gasteiger partial charge is 0.337 e. The van der Waals surface area contributed by atoms with Crippen molar-refractivity contribution in [3.63, 3.8) is 0 Å². The second-order valence-corrected chi connectivity index (χ2v) is 9.96. The zero-order chi connectivity index (χ0) is 24.8. The summed E-state index contributed by atoms with van der Waals surface area (Å²) in [7, 11) is 1.64. The molecule has 2 N–H and O–H groups in total. The third-order valence-electron chi connectivity index (χ3n) is 6.87. The molecule has 34 heavy (non-hydrogen) atoms. The lowest BCUT2D eigenvalue weighted by atomic mass is 9.83. The number of aromatic nitrogens is 2. The van der Waals surface area contributed by atoms with Crippen LogP contribution in [0.3, 0.4) is 0 Å². The SMILES string of the molecule is Cc1cc(C(C)Nc2ccccc2C(=O)O)c2nc(N3CCC(C)(C)CC3)n(C)c(=O)c2c1F. The lowest BCUT2D eigenvalue weighted by Crippen LogP contribution is -2.40. The summed E-state index contributed by atoms with van der Waals surface area (Å²) < 4.78 is 16.6. The van der Waals surface area contributed by atoms with Gasteiger partial charge in [-0.05, 0) is 55.9 Å². The second kappa shape index (κ2) is 8.74. The first-order valence-corrected chi connectivity index (χ1v) is 11.5. The van der Waals surface area contributed by atoms with Gasteiger partial charge in [-0.3, -0.25) is 9.36 Å². The third kappa shape index (κ3) is 4.24. The number of piperidine rings is 1. The molecule has 3 aromatic rings. The number of fused-ring (bicyclic) bond motifs is 1. The van der Waals surface area contributed by atoms with E-state index < -0.39 is 23.4 Å². The van der Waals surface area contributed by atoms with Crippen LogP contribution in [0, 0.1) is 18.2 Å². The number of hydrogen-bond donors (Lipinski definition) is 2. The van der Waals surface area contributed by atoms with Crippen LogP contribution in [0.25, 0.3) is 10.9 Å². The van der Waals surface area contributed by atoms with E-state index in [9.17, 15) is 14.7 Å². The lowest BCUT2D eigenvalue weighted by molar-refractivity contribution is 0.0698. The topological polar surface area (TPSA) is 87.5 Å². The summed E-state index contributed by atoms with van der Waals surface area (Å²) in [4.78, 5) is 31.9. The Labute approximate surface area is 198 Å². The van der Waals surface area contributed by atoms with E-state index in [1.54, 1.807) is 38.2 Å². The van der Waals surface area contributed by atoms with Crippen LogP contribution >= 0.6 is 0 Å². The van der Waals surface area contributed by atoms with Crippen LogP contribution in [-0.2, 0) is 7.05 Å². The summed E-state index contributed by atoms with van der Waals surface area (Å²) in [5, 5.41) is 12.7. The standard InChI is InChI=1S/C26H31FN4O3/c1-15-14-18(16(2)28-19-9-7-6-8-17(19)24(33)34)22-20(21(15)27)23(32)30(5)25(29-22)31-12-10-26(3,4)11-13-31/h6-9,14,16,28H,10-13H2,1-5H3,(H,33,34). The average molecular weight is 467 g/mol. The highest BCUT2D eigenvalue weighted by Gasteiger charge is 2.29.